The molecule has 1 heterocycles. The molecule has 1 unspecified atom stereocenters. The van der Waals surface area contributed by atoms with Crippen molar-refractivity contribution in [3.8, 4) is 11.5 Å². The monoisotopic (exact) mass is 492 g/mol. The van der Waals surface area contributed by atoms with Crippen LogP contribution in [-0.4, -0.2) is 33.5 Å². The van der Waals surface area contributed by atoms with Crippen LogP contribution in [0, 0.1) is 11.7 Å². The van der Waals surface area contributed by atoms with Gasteiger partial charge in [0.25, 0.3) is 0 Å². The SMILES string of the molecule is COc1ccccc1OC(C)c1nnc(SCC(=O)Nc2ccc(Cl)cc2F)n1CC(C)C. The number of thioether (sulfide) groups is 1. The number of halogens is 2. The summed E-state index contributed by atoms with van der Waals surface area (Å²) >= 11 is 6.98. The number of ether oxygens (including phenoxy) is 2. The molecule has 3 aromatic rings. The minimum atomic E-state index is -0.589. The van der Waals surface area contributed by atoms with E-state index in [0.717, 1.165) is 6.07 Å². The second kappa shape index (κ2) is 11.4. The molecule has 0 radical (unpaired) electrons. The highest BCUT2D eigenvalue weighted by molar-refractivity contribution is 7.99. The van der Waals surface area contributed by atoms with Crippen molar-refractivity contribution in [1.29, 1.82) is 0 Å². The number of rotatable bonds is 10. The van der Waals surface area contributed by atoms with Crippen LogP contribution in [0.5, 0.6) is 11.5 Å². The van der Waals surface area contributed by atoms with Crippen LogP contribution in [0.2, 0.25) is 5.02 Å². The quantitative estimate of drug-likeness (QED) is 0.371. The smallest absolute Gasteiger partial charge is 0.234 e. The summed E-state index contributed by atoms with van der Waals surface area (Å²) in [5.74, 6) is 1.27. The first-order valence-electron chi connectivity index (χ1n) is 10.4. The maximum Gasteiger partial charge on any atom is 0.234 e. The number of para-hydroxylation sites is 2. The second-order valence-corrected chi connectivity index (χ2v) is 9.10. The fourth-order valence-electron chi connectivity index (χ4n) is 3.11. The van der Waals surface area contributed by atoms with Gasteiger partial charge in [-0.05, 0) is 43.2 Å². The molecule has 0 aliphatic rings. The minimum Gasteiger partial charge on any atom is -0.493 e. The van der Waals surface area contributed by atoms with E-state index < -0.39 is 11.9 Å². The van der Waals surface area contributed by atoms with Crippen molar-refractivity contribution in [3.05, 3.63) is 59.1 Å². The average molecular weight is 493 g/mol. The minimum absolute atomic E-state index is 0.0417. The maximum absolute atomic E-state index is 14.0. The van der Waals surface area contributed by atoms with Crippen molar-refractivity contribution in [3.63, 3.8) is 0 Å². The van der Waals surface area contributed by atoms with Crippen molar-refractivity contribution in [1.82, 2.24) is 14.8 Å². The number of hydrogen-bond acceptors (Lipinski definition) is 6. The summed E-state index contributed by atoms with van der Waals surface area (Å²) in [4.78, 5) is 12.4. The molecule has 2 aromatic carbocycles. The fourth-order valence-corrected chi connectivity index (χ4v) is 4.02. The Balaban J connectivity index is 1.72. The number of carbonyl (C=O) groups is 1. The van der Waals surface area contributed by atoms with E-state index in [-0.39, 0.29) is 22.4 Å². The Kier molecular flexibility index (Phi) is 8.57. The number of amides is 1. The lowest BCUT2D eigenvalue weighted by Gasteiger charge is -2.19. The first-order chi connectivity index (χ1) is 15.8. The molecule has 0 aliphatic heterocycles. The Morgan fingerprint density at radius 3 is 2.58 bits per heavy atom. The van der Waals surface area contributed by atoms with Crippen LogP contribution in [0.15, 0.2) is 47.6 Å². The van der Waals surface area contributed by atoms with E-state index in [0.29, 0.717) is 34.9 Å². The summed E-state index contributed by atoms with van der Waals surface area (Å²) in [5, 5.41) is 12.0. The van der Waals surface area contributed by atoms with Crippen LogP contribution < -0.4 is 14.8 Å². The third kappa shape index (κ3) is 6.61. The predicted molar refractivity (Wildman–Crippen MR) is 128 cm³/mol. The van der Waals surface area contributed by atoms with Gasteiger partial charge >= 0.3 is 0 Å². The van der Waals surface area contributed by atoms with Gasteiger partial charge in [-0.25, -0.2) is 4.39 Å². The van der Waals surface area contributed by atoms with Crippen LogP contribution in [0.4, 0.5) is 10.1 Å². The van der Waals surface area contributed by atoms with Crippen molar-refractivity contribution in [2.24, 2.45) is 5.92 Å². The van der Waals surface area contributed by atoms with E-state index in [4.69, 9.17) is 21.1 Å². The molecule has 33 heavy (non-hydrogen) atoms. The lowest BCUT2D eigenvalue weighted by Crippen LogP contribution is -2.17. The molecule has 0 saturated carbocycles. The molecule has 10 heteroatoms. The van der Waals surface area contributed by atoms with E-state index in [1.165, 1.54) is 23.9 Å². The van der Waals surface area contributed by atoms with Crippen molar-refractivity contribution < 1.29 is 18.7 Å². The maximum atomic E-state index is 14.0. The Morgan fingerprint density at radius 1 is 1.18 bits per heavy atom. The van der Waals surface area contributed by atoms with E-state index in [9.17, 15) is 9.18 Å². The number of methoxy groups -OCH3 is 1. The van der Waals surface area contributed by atoms with Gasteiger partial charge < -0.3 is 19.4 Å². The van der Waals surface area contributed by atoms with E-state index in [1.807, 2.05) is 35.8 Å². The van der Waals surface area contributed by atoms with Gasteiger partial charge in [0.05, 0.1) is 18.6 Å². The molecule has 176 valence electrons. The normalized spacial score (nSPS) is 12.0. The summed E-state index contributed by atoms with van der Waals surface area (Å²) < 4.78 is 27.4. The fraction of sp³-hybridized carbons (Fsp3) is 0.348. The van der Waals surface area contributed by atoms with Crippen molar-refractivity contribution in [2.45, 2.75) is 38.6 Å². The highest BCUT2D eigenvalue weighted by Gasteiger charge is 2.22. The van der Waals surface area contributed by atoms with E-state index >= 15 is 0 Å². The number of aromatic nitrogens is 3. The predicted octanol–water partition coefficient (Wildman–Crippen LogP) is 5.61. The van der Waals surface area contributed by atoms with Gasteiger partial charge in [-0.2, -0.15) is 0 Å². The Hall–Kier alpha value is -2.78. The van der Waals surface area contributed by atoms with Crippen LogP contribution in [0.1, 0.15) is 32.7 Å². The Labute approximate surface area is 201 Å². The zero-order valence-corrected chi connectivity index (χ0v) is 20.4. The number of anilines is 1. The van der Waals surface area contributed by atoms with Crippen LogP contribution in [-0.2, 0) is 11.3 Å². The molecule has 0 fully saturated rings. The summed E-state index contributed by atoms with van der Waals surface area (Å²) in [7, 11) is 1.59. The lowest BCUT2D eigenvalue weighted by atomic mass is 10.2. The number of nitrogens with zero attached hydrogens (tertiary/aromatic N) is 3. The van der Waals surface area contributed by atoms with Gasteiger partial charge in [0.2, 0.25) is 5.91 Å². The van der Waals surface area contributed by atoms with Gasteiger partial charge in [0.1, 0.15) is 5.82 Å². The van der Waals surface area contributed by atoms with Crippen LogP contribution in [0.25, 0.3) is 0 Å². The number of hydrogen-bond donors (Lipinski definition) is 1. The Bertz CT molecular complexity index is 1110. The molecular weight excluding hydrogens is 467 g/mol. The molecule has 1 atom stereocenters. The van der Waals surface area contributed by atoms with Gasteiger partial charge in [0, 0.05) is 11.6 Å². The molecule has 0 spiro atoms. The number of carbonyl (C=O) groups excluding carboxylic acids is 1. The van der Waals surface area contributed by atoms with Crippen LogP contribution >= 0.6 is 23.4 Å². The molecule has 3 rings (SSSR count). The summed E-state index contributed by atoms with van der Waals surface area (Å²) in [6.07, 6.45) is -0.404. The summed E-state index contributed by atoms with van der Waals surface area (Å²) in [5.41, 5.74) is 0.0770. The highest BCUT2D eigenvalue weighted by Crippen LogP contribution is 2.31. The molecular formula is C23H26ClFN4O3S. The largest absolute Gasteiger partial charge is 0.493 e. The third-order valence-electron chi connectivity index (χ3n) is 4.57. The van der Waals surface area contributed by atoms with Crippen molar-refractivity contribution in [2.75, 3.05) is 18.2 Å². The molecule has 0 aliphatic carbocycles. The second-order valence-electron chi connectivity index (χ2n) is 7.72. The van der Waals surface area contributed by atoms with E-state index in [2.05, 4.69) is 29.4 Å². The first-order valence-corrected chi connectivity index (χ1v) is 11.7. The lowest BCUT2D eigenvalue weighted by molar-refractivity contribution is -0.113. The molecule has 1 amide bonds. The van der Waals surface area contributed by atoms with Gasteiger partial charge in [-0.15, -0.1) is 10.2 Å². The van der Waals surface area contributed by atoms with Gasteiger partial charge in [-0.3, -0.25) is 4.79 Å². The zero-order valence-electron chi connectivity index (χ0n) is 18.8. The molecule has 7 nitrogen and oxygen atoms in total. The number of nitrogens with one attached hydrogen (secondary N) is 1. The molecule has 1 N–H and O–H groups in total. The number of benzene rings is 2. The highest BCUT2D eigenvalue weighted by atomic mass is 35.5. The Morgan fingerprint density at radius 2 is 1.91 bits per heavy atom. The summed E-state index contributed by atoms with van der Waals surface area (Å²) in [6, 6.07) is 11.5. The average Bonchev–Trinajstić information content (AvgIpc) is 3.16. The van der Waals surface area contributed by atoms with Crippen molar-refractivity contribution >= 4 is 35.0 Å². The first kappa shape index (κ1) is 24.9. The zero-order chi connectivity index (χ0) is 24.0. The van der Waals surface area contributed by atoms with E-state index in [1.54, 1.807) is 7.11 Å². The summed E-state index contributed by atoms with van der Waals surface area (Å²) in [6.45, 7) is 6.70. The van der Waals surface area contributed by atoms with Crippen LogP contribution in [0.3, 0.4) is 0 Å². The van der Waals surface area contributed by atoms with Gasteiger partial charge in [-0.1, -0.05) is 49.3 Å². The molecule has 0 bridgehead atoms. The molecule has 1 aromatic heterocycles. The topological polar surface area (TPSA) is 78.3 Å². The molecule has 0 saturated heterocycles. The standard InChI is InChI=1S/C23H26ClFN4O3S/c1-14(2)12-29-22(15(3)32-20-8-6-5-7-19(20)31-4)27-28-23(29)33-13-21(30)26-18-10-9-16(24)11-17(18)25/h5-11,14-15H,12-13H2,1-4H3,(H,26,30). The third-order valence-corrected chi connectivity index (χ3v) is 5.77. The van der Waals surface area contributed by atoms with Gasteiger partial charge in [0.15, 0.2) is 28.6 Å².